The van der Waals surface area contributed by atoms with Gasteiger partial charge in [-0.2, -0.15) is 0 Å². The number of rotatable bonds is 0. The zero-order valence-corrected chi connectivity index (χ0v) is 8.76. The first-order chi connectivity index (χ1) is 7.66. The molecule has 2 aliphatic rings. The zero-order valence-electron chi connectivity index (χ0n) is 8.76. The first kappa shape index (κ1) is 9.87. The normalized spacial score (nSPS) is 21.4. The van der Waals surface area contributed by atoms with Crippen LogP contribution in [0.3, 0.4) is 0 Å². The van der Waals surface area contributed by atoms with Crippen LogP contribution in [0.1, 0.15) is 30.4 Å². The van der Waals surface area contributed by atoms with E-state index in [4.69, 9.17) is 0 Å². The Kier molecular flexibility index (Phi) is 2.06. The van der Waals surface area contributed by atoms with Crippen molar-refractivity contribution in [3.63, 3.8) is 0 Å². The summed E-state index contributed by atoms with van der Waals surface area (Å²) in [6.07, 6.45) is 1.53. The molecule has 0 spiro atoms. The van der Waals surface area contributed by atoms with Gasteiger partial charge in [-0.05, 0) is 37.3 Å². The summed E-state index contributed by atoms with van der Waals surface area (Å²) in [4.78, 5) is 0. The molecule has 1 aliphatic heterocycles. The maximum Gasteiger partial charge on any atom is 0.586 e. The average Bonchev–Trinajstić information content (AvgIpc) is 2.44. The molecule has 0 saturated carbocycles. The van der Waals surface area contributed by atoms with Gasteiger partial charge in [0.05, 0.1) is 0 Å². The van der Waals surface area contributed by atoms with E-state index in [1.165, 1.54) is 0 Å². The first-order valence-electron chi connectivity index (χ1n) is 5.56. The van der Waals surface area contributed by atoms with Crippen molar-refractivity contribution in [2.24, 2.45) is 0 Å². The van der Waals surface area contributed by atoms with Gasteiger partial charge < -0.3 is 9.47 Å². The van der Waals surface area contributed by atoms with Gasteiger partial charge in [-0.3, -0.25) is 0 Å². The molecule has 0 N–H and O–H groups in total. The molecule has 2 nitrogen and oxygen atoms in total. The SMILES string of the molecule is FC1(F)Oc2ccc3c(c2O1)CCCCC3. The van der Waals surface area contributed by atoms with Crippen LogP contribution >= 0.6 is 0 Å². The number of hydrogen-bond acceptors (Lipinski definition) is 2. The van der Waals surface area contributed by atoms with E-state index in [9.17, 15) is 8.78 Å². The Morgan fingerprint density at radius 1 is 1.00 bits per heavy atom. The minimum Gasteiger partial charge on any atom is -0.395 e. The predicted octanol–water partition coefficient (Wildman–Crippen LogP) is 3.28. The Morgan fingerprint density at radius 2 is 1.81 bits per heavy atom. The van der Waals surface area contributed by atoms with E-state index in [0.717, 1.165) is 43.2 Å². The molecule has 0 unspecified atom stereocenters. The van der Waals surface area contributed by atoms with Crippen LogP contribution in [0.25, 0.3) is 0 Å². The van der Waals surface area contributed by atoms with Crippen LogP contribution in [0.5, 0.6) is 11.5 Å². The van der Waals surface area contributed by atoms with Crippen molar-refractivity contribution in [2.75, 3.05) is 0 Å². The van der Waals surface area contributed by atoms with Crippen molar-refractivity contribution in [3.05, 3.63) is 23.3 Å². The topological polar surface area (TPSA) is 18.5 Å². The second-order valence-electron chi connectivity index (χ2n) is 4.26. The molecule has 0 fully saturated rings. The lowest BCUT2D eigenvalue weighted by Crippen LogP contribution is -2.26. The van der Waals surface area contributed by atoms with Crippen molar-refractivity contribution >= 4 is 0 Å². The minimum atomic E-state index is -3.50. The van der Waals surface area contributed by atoms with E-state index in [2.05, 4.69) is 9.47 Å². The summed E-state index contributed by atoms with van der Waals surface area (Å²) in [5.41, 5.74) is 2.03. The molecule has 0 atom stereocenters. The molecular weight excluding hydrogens is 214 g/mol. The third-order valence-electron chi connectivity index (χ3n) is 3.14. The van der Waals surface area contributed by atoms with Crippen LogP contribution in [-0.4, -0.2) is 6.29 Å². The Hall–Kier alpha value is -1.32. The van der Waals surface area contributed by atoms with E-state index < -0.39 is 6.29 Å². The van der Waals surface area contributed by atoms with Crippen molar-refractivity contribution in [1.29, 1.82) is 0 Å². The molecule has 1 heterocycles. The van der Waals surface area contributed by atoms with E-state index in [0.29, 0.717) is 0 Å². The van der Waals surface area contributed by atoms with Gasteiger partial charge in [-0.1, -0.05) is 12.5 Å². The zero-order chi connectivity index (χ0) is 11.2. The fraction of sp³-hybridized carbons (Fsp3) is 0.500. The molecule has 0 bridgehead atoms. The van der Waals surface area contributed by atoms with Crippen molar-refractivity contribution in [3.8, 4) is 11.5 Å². The molecule has 0 aromatic heterocycles. The first-order valence-corrected chi connectivity index (χ1v) is 5.56. The Balaban J connectivity index is 2.07. The fourth-order valence-corrected chi connectivity index (χ4v) is 2.41. The number of fused-ring (bicyclic) bond motifs is 3. The Labute approximate surface area is 92.2 Å². The largest absolute Gasteiger partial charge is 0.586 e. The molecule has 4 heteroatoms. The highest BCUT2D eigenvalue weighted by Crippen LogP contribution is 2.45. The van der Waals surface area contributed by atoms with Gasteiger partial charge >= 0.3 is 6.29 Å². The highest BCUT2D eigenvalue weighted by atomic mass is 19.3. The van der Waals surface area contributed by atoms with Crippen LogP contribution in [0.4, 0.5) is 8.78 Å². The van der Waals surface area contributed by atoms with Crippen LogP contribution in [0.15, 0.2) is 12.1 Å². The van der Waals surface area contributed by atoms with E-state index >= 15 is 0 Å². The molecule has 1 aromatic rings. The van der Waals surface area contributed by atoms with Gasteiger partial charge in [0, 0.05) is 5.56 Å². The van der Waals surface area contributed by atoms with Crippen LogP contribution in [0, 0.1) is 0 Å². The number of benzene rings is 1. The third kappa shape index (κ3) is 1.52. The highest BCUT2D eigenvalue weighted by Gasteiger charge is 2.44. The van der Waals surface area contributed by atoms with E-state index in [-0.39, 0.29) is 11.5 Å². The minimum absolute atomic E-state index is 0.172. The maximum absolute atomic E-state index is 13.0. The fourth-order valence-electron chi connectivity index (χ4n) is 2.41. The van der Waals surface area contributed by atoms with E-state index in [1.807, 2.05) is 6.07 Å². The molecule has 0 amide bonds. The second kappa shape index (κ2) is 3.34. The smallest absolute Gasteiger partial charge is 0.395 e. The number of alkyl halides is 2. The van der Waals surface area contributed by atoms with Crippen molar-refractivity contribution in [2.45, 2.75) is 38.4 Å². The third-order valence-corrected chi connectivity index (χ3v) is 3.14. The molecule has 0 radical (unpaired) electrons. The van der Waals surface area contributed by atoms with Gasteiger partial charge in [-0.25, -0.2) is 0 Å². The van der Waals surface area contributed by atoms with Gasteiger partial charge in [0.15, 0.2) is 11.5 Å². The molecule has 1 aliphatic carbocycles. The standard InChI is InChI=1S/C12H12F2O2/c13-12(14)15-10-7-6-8-4-2-1-3-5-9(8)11(10)16-12/h6-7H,1-5H2. The summed E-state index contributed by atoms with van der Waals surface area (Å²) in [5, 5.41) is 0. The maximum atomic E-state index is 13.0. The summed E-state index contributed by atoms with van der Waals surface area (Å²) in [6, 6.07) is 3.46. The number of hydrogen-bond donors (Lipinski definition) is 0. The van der Waals surface area contributed by atoms with Gasteiger partial charge in [0.25, 0.3) is 0 Å². The van der Waals surface area contributed by atoms with Gasteiger partial charge in [0.2, 0.25) is 0 Å². The molecule has 1 aromatic carbocycles. The Bertz CT molecular complexity index is 429. The molecule has 0 saturated heterocycles. The molecule has 86 valence electrons. The number of ether oxygens (including phenoxy) is 2. The summed E-state index contributed by atoms with van der Waals surface area (Å²) < 4.78 is 35.0. The summed E-state index contributed by atoms with van der Waals surface area (Å²) in [5.74, 6) is 0.426. The Morgan fingerprint density at radius 3 is 2.69 bits per heavy atom. The van der Waals surface area contributed by atoms with Gasteiger partial charge in [0.1, 0.15) is 0 Å². The molecule has 16 heavy (non-hydrogen) atoms. The molecule has 3 rings (SSSR count). The quantitative estimate of drug-likeness (QED) is 0.632. The average molecular weight is 226 g/mol. The lowest BCUT2D eigenvalue weighted by Gasteiger charge is -2.08. The van der Waals surface area contributed by atoms with Gasteiger partial charge in [-0.15, -0.1) is 8.78 Å². The lowest BCUT2D eigenvalue weighted by atomic mass is 10.0. The van der Waals surface area contributed by atoms with E-state index in [1.54, 1.807) is 6.07 Å². The highest BCUT2D eigenvalue weighted by molar-refractivity contribution is 5.53. The number of halogens is 2. The molecular formula is C12H12F2O2. The monoisotopic (exact) mass is 226 g/mol. The van der Waals surface area contributed by atoms with Crippen LogP contribution in [-0.2, 0) is 12.8 Å². The summed E-state index contributed by atoms with van der Waals surface area (Å²) in [7, 11) is 0. The van der Waals surface area contributed by atoms with Crippen LogP contribution in [0.2, 0.25) is 0 Å². The second-order valence-corrected chi connectivity index (χ2v) is 4.26. The summed E-state index contributed by atoms with van der Waals surface area (Å²) >= 11 is 0. The van der Waals surface area contributed by atoms with Crippen LogP contribution < -0.4 is 9.47 Å². The van der Waals surface area contributed by atoms with Crippen molar-refractivity contribution in [1.82, 2.24) is 0 Å². The summed E-state index contributed by atoms with van der Waals surface area (Å²) in [6.45, 7) is 0. The predicted molar refractivity (Wildman–Crippen MR) is 53.9 cm³/mol. The lowest BCUT2D eigenvalue weighted by molar-refractivity contribution is -0.286. The number of aryl methyl sites for hydroxylation is 1. The van der Waals surface area contributed by atoms with Crippen molar-refractivity contribution < 1.29 is 18.3 Å².